The number of carbonyl (C=O) groups is 1. The lowest BCUT2D eigenvalue weighted by molar-refractivity contribution is -0.117. The summed E-state index contributed by atoms with van der Waals surface area (Å²) in [5, 5.41) is 11.8. The van der Waals surface area contributed by atoms with Gasteiger partial charge < -0.3 is 20.5 Å². The molecule has 1 aromatic carbocycles. The molecule has 0 aliphatic carbocycles. The van der Waals surface area contributed by atoms with Crippen molar-refractivity contribution in [1.29, 1.82) is 5.26 Å². The molecule has 1 unspecified atom stereocenters. The van der Waals surface area contributed by atoms with Crippen molar-refractivity contribution < 1.29 is 14.3 Å². The van der Waals surface area contributed by atoms with Gasteiger partial charge in [0.25, 0.3) is 0 Å². The fourth-order valence-electron chi connectivity index (χ4n) is 2.07. The molecule has 1 heterocycles. The van der Waals surface area contributed by atoms with Gasteiger partial charge in [0.2, 0.25) is 11.8 Å². The standard InChI is InChI=1S/C19H22N4O3/c1-4-16(21)19(24)23-14-6-8-18(22-11-14)26-15-7-5-13(10-20)17(9-15)25-12(2)3/h5-9,11-12,16H,4,21H2,1-3H3,(H,23,24). The Morgan fingerprint density at radius 3 is 2.69 bits per heavy atom. The number of nitriles is 1. The number of ether oxygens (including phenoxy) is 2. The van der Waals surface area contributed by atoms with E-state index >= 15 is 0 Å². The van der Waals surface area contributed by atoms with Crippen LogP contribution in [0, 0.1) is 11.3 Å². The van der Waals surface area contributed by atoms with Crippen LogP contribution in [-0.2, 0) is 4.79 Å². The number of nitrogens with zero attached hydrogens (tertiary/aromatic N) is 2. The molecule has 0 saturated carbocycles. The lowest BCUT2D eigenvalue weighted by atomic mass is 10.2. The zero-order valence-corrected chi connectivity index (χ0v) is 15.0. The second-order valence-corrected chi connectivity index (χ2v) is 5.93. The largest absolute Gasteiger partial charge is 0.489 e. The Hall–Kier alpha value is -3.11. The van der Waals surface area contributed by atoms with Crippen molar-refractivity contribution in [3.63, 3.8) is 0 Å². The summed E-state index contributed by atoms with van der Waals surface area (Å²) in [6.07, 6.45) is 1.98. The maximum absolute atomic E-state index is 11.8. The Bertz CT molecular complexity index is 797. The van der Waals surface area contributed by atoms with E-state index in [1.54, 1.807) is 30.3 Å². The number of hydrogen-bond donors (Lipinski definition) is 2. The number of anilines is 1. The van der Waals surface area contributed by atoms with Crippen LogP contribution in [0.3, 0.4) is 0 Å². The summed E-state index contributed by atoms with van der Waals surface area (Å²) in [4.78, 5) is 15.9. The number of pyridine rings is 1. The molecule has 3 N–H and O–H groups in total. The molecule has 1 amide bonds. The molecule has 2 rings (SSSR count). The van der Waals surface area contributed by atoms with E-state index in [0.29, 0.717) is 35.1 Å². The third kappa shape index (κ3) is 5.19. The topological polar surface area (TPSA) is 110 Å². The van der Waals surface area contributed by atoms with Crippen molar-refractivity contribution in [2.45, 2.75) is 39.3 Å². The highest BCUT2D eigenvalue weighted by molar-refractivity contribution is 5.94. The van der Waals surface area contributed by atoms with Crippen molar-refractivity contribution in [3.8, 4) is 23.4 Å². The van der Waals surface area contributed by atoms with E-state index in [1.807, 2.05) is 20.8 Å². The maximum Gasteiger partial charge on any atom is 0.241 e. The summed E-state index contributed by atoms with van der Waals surface area (Å²) in [7, 11) is 0. The first kappa shape index (κ1) is 19.2. The van der Waals surface area contributed by atoms with Crippen LogP contribution in [0.25, 0.3) is 0 Å². The average molecular weight is 354 g/mol. The molecule has 7 nitrogen and oxygen atoms in total. The molecule has 2 aromatic rings. The first-order valence-electron chi connectivity index (χ1n) is 8.34. The average Bonchev–Trinajstić information content (AvgIpc) is 2.62. The van der Waals surface area contributed by atoms with E-state index in [2.05, 4.69) is 16.4 Å². The van der Waals surface area contributed by atoms with Gasteiger partial charge in [-0.25, -0.2) is 4.98 Å². The van der Waals surface area contributed by atoms with E-state index in [0.717, 1.165) is 0 Å². The van der Waals surface area contributed by atoms with Crippen molar-refractivity contribution in [3.05, 3.63) is 42.1 Å². The van der Waals surface area contributed by atoms with Gasteiger partial charge in [-0.2, -0.15) is 5.26 Å². The van der Waals surface area contributed by atoms with Gasteiger partial charge in [-0.15, -0.1) is 0 Å². The van der Waals surface area contributed by atoms with Crippen LogP contribution in [0.15, 0.2) is 36.5 Å². The fraction of sp³-hybridized carbons (Fsp3) is 0.316. The van der Waals surface area contributed by atoms with Crippen molar-refractivity contribution in [1.82, 2.24) is 4.98 Å². The number of rotatable bonds is 7. The third-order valence-corrected chi connectivity index (χ3v) is 3.44. The molecule has 1 atom stereocenters. The SMILES string of the molecule is CCC(N)C(=O)Nc1ccc(Oc2ccc(C#N)c(OC(C)C)c2)nc1. The molecule has 0 radical (unpaired) electrons. The molecule has 7 heteroatoms. The zero-order chi connectivity index (χ0) is 19.1. The highest BCUT2D eigenvalue weighted by atomic mass is 16.5. The molecule has 0 fully saturated rings. The zero-order valence-electron chi connectivity index (χ0n) is 15.0. The summed E-state index contributed by atoms with van der Waals surface area (Å²) < 4.78 is 11.3. The predicted molar refractivity (Wildman–Crippen MR) is 98.1 cm³/mol. The quantitative estimate of drug-likeness (QED) is 0.790. The molecular formula is C19H22N4O3. The van der Waals surface area contributed by atoms with Crippen LogP contribution >= 0.6 is 0 Å². The van der Waals surface area contributed by atoms with Crippen LogP contribution in [0.5, 0.6) is 17.4 Å². The Labute approximate surface area is 152 Å². The van der Waals surface area contributed by atoms with Crippen LogP contribution in [-0.4, -0.2) is 23.0 Å². The van der Waals surface area contributed by atoms with Gasteiger partial charge in [0.15, 0.2) is 0 Å². The van der Waals surface area contributed by atoms with Crippen LogP contribution < -0.4 is 20.5 Å². The summed E-state index contributed by atoms with van der Waals surface area (Å²) in [6, 6.07) is 9.80. The molecular weight excluding hydrogens is 332 g/mol. The number of carbonyl (C=O) groups excluding carboxylic acids is 1. The van der Waals surface area contributed by atoms with Crippen molar-refractivity contribution in [2.24, 2.45) is 5.73 Å². The van der Waals surface area contributed by atoms with E-state index in [-0.39, 0.29) is 12.0 Å². The first-order chi connectivity index (χ1) is 12.4. The van der Waals surface area contributed by atoms with Crippen LogP contribution in [0.4, 0.5) is 5.69 Å². The first-order valence-corrected chi connectivity index (χ1v) is 8.34. The Morgan fingerprint density at radius 2 is 2.12 bits per heavy atom. The minimum Gasteiger partial charge on any atom is -0.489 e. The highest BCUT2D eigenvalue weighted by Crippen LogP contribution is 2.28. The minimum absolute atomic E-state index is 0.0622. The second kappa shape index (κ2) is 8.83. The molecule has 136 valence electrons. The second-order valence-electron chi connectivity index (χ2n) is 5.93. The van der Waals surface area contributed by atoms with E-state index in [1.165, 1.54) is 6.20 Å². The van der Waals surface area contributed by atoms with Gasteiger partial charge in [0.1, 0.15) is 17.6 Å². The normalized spacial score (nSPS) is 11.5. The Kier molecular flexibility index (Phi) is 6.53. The number of amides is 1. The van der Waals surface area contributed by atoms with Crippen LogP contribution in [0.1, 0.15) is 32.8 Å². The molecule has 0 spiro atoms. The lowest BCUT2D eigenvalue weighted by Gasteiger charge is -2.13. The Morgan fingerprint density at radius 1 is 1.35 bits per heavy atom. The summed E-state index contributed by atoms with van der Waals surface area (Å²) >= 11 is 0. The van der Waals surface area contributed by atoms with Gasteiger partial charge in [0.05, 0.1) is 29.6 Å². The fourth-order valence-corrected chi connectivity index (χ4v) is 2.07. The molecule has 0 aliphatic rings. The summed E-state index contributed by atoms with van der Waals surface area (Å²) in [6.45, 7) is 5.61. The number of nitrogens with two attached hydrogens (primary N) is 1. The molecule has 0 saturated heterocycles. The lowest BCUT2D eigenvalue weighted by Crippen LogP contribution is -2.34. The molecule has 0 bridgehead atoms. The van der Waals surface area contributed by atoms with Gasteiger partial charge in [-0.05, 0) is 38.5 Å². The van der Waals surface area contributed by atoms with Gasteiger partial charge >= 0.3 is 0 Å². The summed E-state index contributed by atoms with van der Waals surface area (Å²) in [5.74, 6) is 1.04. The monoisotopic (exact) mass is 354 g/mol. The van der Waals surface area contributed by atoms with E-state index < -0.39 is 6.04 Å². The number of aromatic nitrogens is 1. The van der Waals surface area contributed by atoms with E-state index in [9.17, 15) is 4.79 Å². The third-order valence-electron chi connectivity index (χ3n) is 3.44. The van der Waals surface area contributed by atoms with Gasteiger partial charge in [-0.1, -0.05) is 6.92 Å². The number of hydrogen-bond acceptors (Lipinski definition) is 6. The minimum atomic E-state index is -0.552. The highest BCUT2D eigenvalue weighted by Gasteiger charge is 2.12. The Balaban J connectivity index is 2.09. The molecule has 0 aliphatic heterocycles. The molecule has 26 heavy (non-hydrogen) atoms. The summed E-state index contributed by atoms with van der Waals surface area (Å²) in [5.41, 5.74) is 6.65. The maximum atomic E-state index is 11.8. The van der Waals surface area contributed by atoms with Crippen LogP contribution in [0.2, 0.25) is 0 Å². The van der Waals surface area contributed by atoms with Crippen molar-refractivity contribution >= 4 is 11.6 Å². The predicted octanol–water partition coefficient (Wildman–Crippen LogP) is 3.21. The number of nitrogens with one attached hydrogen (secondary N) is 1. The van der Waals surface area contributed by atoms with E-state index in [4.69, 9.17) is 20.5 Å². The van der Waals surface area contributed by atoms with Gasteiger partial charge in [-0.3, -0.25) is 4.79 Å². The molecule has 1 aromatic heterocycles. The number of benzene rings is 1. The van der Waals surface area contributed by atoms with Gasteiger partial charge in [0, 0.05) is 12.1 Å². The smallest absolute Gasteiger partial charge is 0.241 e. The van der Waals surface area contributed by atoms with Crippen molar-refractivity contribution in [2.75, 3.05) is 5.32 Å².